The molecule has 0 aliphatic heterocycles. The molecule has 0 saturated carbocycles. The molecule has 0 atom stereocenters. The van der Waals surface area contributed by atoms with E-state index in [0.717, 1.165) is 18.2 Å². The molecule has 0 radical (unpaired) electrons. The van der Waals surface area contributed by atoms with Gasteiger partial charge in [-0.15, -0.1) is 0 Å². The summed E-state index contributed by atoms with van der Waals surface area (Å²) in [4.78, 5) is 2.31. The highest BCUT2D eigenvalue weighted by Gasteiger charge is 2.01. The molecular formula is C15H25NO. The molecule has 1 aromatic carbocycles. The number of hydrogen-bond donors (Lipinski definition) is 0. The van der Waals surface area contributed by atoms with Crippen molar-refractivity contribution in [1.29, 1.82) is 0 Å². The number of unbranched alkanes of at least 4 members (excludes halogenated alkanes) is 1. The third-order valence-corrected chi connectivity index (χ3v) is 3.04. The lowest BCUT2D eigenvalue weighted by Crippen LogP contribution is -2.18. The van der Waals surface area contributed by atoms with Crippen molar-refractivity contribution in [1.82, 2.24) is 0 Å². The minimum absolute atomic E-state index is 0.821. The predicted molar refractivity (Wildman–Crippen MR) is 75.0 cm³/mol. The first-order valence-electron chi connectivity index (χ1n) is 6.48. The van der Waals surface area contributed by atoms with E-state index in [-0.39, 0.29) is 0 Å². The molecule has 96 valence electrons. The number of hydrogen-bond acceptors (Lipinski definition) is 2. The summed E-state index contributed by atoms with van der Waals surface area (Å²) in [5.41, 5.74) is 1.26. The molecule has 17 heavy (non-hydrogen) atoms. The van der Waals surface area contributed by atoms with Crippen molar-refractivity contribution in [2.45, 2.75) is 33.1 Å². The van der Waals surface area contributed by atoms with E-state index in [1.165, 1.54) is 24.9 Å². The largest absolute Gasteiger partial charge is 0.497 e. The van der Waals surface area contributed by atoms with Crippen LogP contribution in [-0.2, 0) is 0 Å². The summed E-state index contributed by atoms with van der Waals surface area (Å²) in [5, 5.41) is 0. The molecule has 2 heteroatoms. The molecule has 0 spiro atoms. The van der Waals surface area contributed by atoms with E-state index in [9.17, 15) is 0 Å². The van der Waals surface area contributed by atoms with Crippen molar-refractivity contribution in [3.8, 4) is 5.75 Å². The zero-order valence-corrected chi connectivity index (χ0v) is 11.6. The van der Waals surface area contributed by atoms with Gasteiger partial charge in [-0.05, 0) is 36.6 Å². The maximum atomic E-state index is 5.16. The molecule has 0 fully saturated rings. The van der Waals surface area contributed by atoms with Gasteiger partial charge in [0.15, 0.2) is 0 Å². The summed E-state index contributed by atoms with van der Waals surface area (Å²) in [6, 6.07) is 8.25. The summed E-state index contributed by atoms with van der Waals surface area (Å²) in [7, 11) is 3.85. The smallest absolute Gasteiger partial charge is 0.119 e. The van der Waals surface area contributed by atoms with E-state index in [1.807, 2.05) is 12.1 Å². The lowest BCUT2D eigenvalue weighted by atomic mass is 10.1. The van der Waals surface area contributed by atoms with Crippen LogP contribution in [0.2, 0.25) is 0 Å². The Balaban J connectivity index is 2.33. The Kier molecular flexibility index (Phi) is 5.88. The molecule has 0 aliphatic rings. The average Bonchev–Trinajstić information content (AvgIpc) is 2.34. The molecule has 0 saturated heterocycles. The summed E-state index contributed by atoms with van der Waals surface area (Å²) in [5.74, 6) is 1.74. The number of rotatable bonds is 7. The molecule has 0 bridgehead atoms. The van der Waals surface area contributed by atoms with Crippen LogP contribution in [0.3, 0.4) is 0 Å². The third kappa shape index (κ3) is 5.12. The van der Waals surface area contributed by atoms with Crippen LogP contribution < -0.4 is 9.64 Å². The second-order valence-corrected chi connectivity index (χ2v) is 5.01. The van der Waals surface area contributed by atoms with Crippen LogP contribution in [0, 0.1) is 5.92 Å². The van der Waals surface area contributed by atoms with Gasteiger partial charge in [0, 0.05) is 19.3 Å². The van der Waals surface area contributed by atoms with Crippen LogP contribution in [0.15, 0.2) is 24.3 Å². The fourth-order valence-corrected chi connectivity index (χ4v) is 1.87. The number of ether oxygens (including phenoxy) is 1. The molecule has 0 N–H and O–H groups in total. The molecule has 0 aliphatic carbocycles. The fourth-order valence-electron chi connectivity index (χ4n) is 1.87. The number of methoxy groups -OCH3 is 1. The molecule has 1 rings (SSSR count). The standard InChI is InChI=1S/C15H25NO/c1-13(2)7-5-6-12-16(3)14-8-10-15(17-4)11-9-14/h8-11,13H,5-7,12H2,1-4H3. The Labute approximate surface area is 106 Å². The Morgan fingerprint density at radius 1 is 1.12 bits per heavy atom. The van der Waals surface area contributed by atoms with Crippen molar-refractivity contribution < 1.29 is 4.74 Å². The molecule has 0 heterocycles. The third-order valence-electron chi connectivity index (χ3n) is 3.04. The van der Waals surface area contributed by atoms with Gasteiger partial charge in [-0.3, -0.25) is 0 Å². The van der Waals surface area contributed by atoms with E-state index in [1.54, 1.807) is 7.11 Å². The second-order valence-electron chi connectivity index (χ2n) is 5.01. The van der Waals surface area contributed by atoms with Gasteiger partial charge in [0.2, 0.25) is 0 Å². The summed E-state index contributed by atoms with van der Waals surface area (Å²) >= 11 is 0. The van der Waals surface area contributed by atoms with Crippen molar-refractivity contribution in [2.75, 3.05) is 25.6 Å². The SMILES string of the molecule is COc1ccc(N(C)CCCCC(C)C)cc1. The summed E-state index contributed by atoms with van der Waals surface area (Å²) in [6.07, 6.45) is 3.91. The Bertz CT molecular complexity index is 305. The maximum absolute atomic E-state index is 5.16. The van der Waals surface area contributed by atoms with Crippen LogP contribution in [0.5, 0.6) is 5.75 Å². The number of nitrogens with zero attached hydrogens (tertiary/aromatic N) is 1. The molecule has 0 amide bonds. The van der Waals surface area contributed by atoms with E-state index in [4.69, 9.17) is 4.74 Å². The van der Waals surface area contributed by atoms with Crippen LogP contribution in [0.25, 0.3) is 0 Å². The first kappa shape index (κ1) is 13.9. The van der Waals surface area contributed by atoms with E-state index < -0.39 is 0 Å². The topological polar surface area (TPSA) is 12.5 Å². The van der Waals surface area contributed by atoms with Crippen molar-refractivity contribution >= 4 is 5.69 Å². The van der Waals surface area contributed by atoms with Gasteiger partial charge in [-0.1, -0.05) is 26.7 Å². The van der Waals surface area contributed by atoms with E-state index >= 15 is 0 Å². The highest BCUT2D eigenvalue weighted by Crippen LogP contribution is 2.18. The molecule has 0 aromatic heterocycles. The summed E-state index contributed by atoms with van der Waals surface area (Å²) < 4.78 is 5.16. The molecule has 2 nitrogen and oxygen atoms in total. The highest BCUT2D eigenvalue weighted by molar-refractivity contribution is 5.48. The van der Waals surface area contributed by atoms with Gasteiger partial charge in [0.25, 0.3) is 0 Å². The fraction of sp³-hybridized carbons (Fsp3) is 0.600. The van der Waals surface area contributed by atoms with Gasteiger partial charge >= 0.3 is 0 Å². The molecule has 1 aromatic rings. The van der Waals surface area contributed by atoms with Crippen molar-refractivity contribution in [3.05, 3.63) is 24.3 Å². The van der Waals surface area contributed by atoms with Gasteiger partial charge in [-0.25, -0.2) is 0 Å². The van der Waals surface area contributed by atoms with E-state index in [0.29, 0.717) is 0 Å². The van der Waals surface area contributed by atoms with Gasteiger partial charge in [0.1, 0.15) is 5.75 Å². The molecule has 0 unspecified atom stereocenters. The Morgan fingerprint density at radius 3 is 2.29 bits per heavy atom. The quantitative estimate of drug-likeness (QED) is 0.663. The second kappa shape index (κ2) is 7.21. The number of benzene rings is 1. The first-order valence-corrected chi connectivity index (χ1v) is 6.48. The van der Waals surface area contributed by atoms with Crippen molar-refractivity contribution in [3.63, 3.8) is 0 Å². The average molecular weight is 235 g/mol. The normalized spacial score (nSPS) is 10.6. The van der Waals surface area contributed by atoms with Gasteiger partial charge < -0.3 is 9.64 Å². The molecular weight excluding hydrogens is 210 g/mol. The predicted octanol–water partition coefficient (Wildman–Crippen LogP) is 3.96. The van der Waals surface area contributed by atoms with Gasteiger partial charge in [0.05, 0.1) is 7.11 Å². The highest BCUT2D eigenvalue weighted by atomic mass is 16.5. The van der Waals surface area contributed by atoms with Crippen LogP contribution in [-0.4, -0.2) is 20.7 Å². The lowest BCUT2D eigenvalue weighted by Gasteiger charge is -2.19. The van der Waals surface area contributed by atoms with Gasteiger partial charge in [-0.2, -0.15) is 0 Å². The zero-order valence-electron chi connectivity index (χ0n) is 11.6. The number of anilines is 1. The van der Waals surface area contributed by atoms with Crippen LogP contribution in [0.4, 0.5) is 5.69 Å². The first-order chi connectivity index (χ1) is 8.13. The maximum Gasteiger partial charge on any atom is 0.119 e. The summed E-state index contributed by atoms with van der Waals surface area (Å²) in [6.45, 7) is 5.69. The minimum atomic E-state index is 0.821. The zero-order chi connectivity index (χ0) is 12.7. The lowest BCUT2D eigenvalue weighted by molar-refractivity contribution is 0.415. The van der Waals surface area contributed by atoms with Crippen LogP contribution >= 0.6 is 0 Å². The Morgan fingerprint density at radius 2 is 1.76 bits per heavy atom. The minimum Gasteiger partial charge on any atom is -0.497 e. The Hall–Kier alpha value is -1.18. The monoisotopic (exact) mass is 235 g/mol. The van der Waals surface area contributed by atoms with E-state index in [2.05, 4.69) is 37.9 Å². The van der Waals surface area contributed by atoms with Crippen LogP contribution in [0.1, 0.15) is 33.1 Å². The van der Waals surface area contributed by atoms with Crippen molar-refractivity contribution in [2.24, 2.45) is 5.92 Å².